The molecule has 3 aromatic rings. The summed E-state index contributed by atoms with van der Waals surface area (Å²) < 4.78 is 25.1. The van der Waals surface area contributed by atoms with Gasteiger partial charge in [0.15, 0.2) is 11.5 Å². The second-order valence-corrected chi connectivity index (χ2v) is 6.24. The Hall–Kier alpha value is -4.18. The normalized spacial score (nSPS) is 10.9. The highest BCUT2D eigenvalue weighted by Gasteiger charge is 2.20. The van der Waals surface area contributed by atoms with Crippen LogP contribution in [0.4, 0.5) is 10.1 Å². The average Bonchev–Trinajstić information content (AvgIpc) is 2.77. The van der Waals surface area contributed by atoms with Gasteiger partial charge in [0, 0.05) is 5.56 Å². The van der Waals surface area contributed by atoms with E-state index in [2.05, 4.69) is 0 Å². The summed E-state index contributed by atoms with van der Waals surface area (Å²) in [5.74, 6) is -0.147. The maximum atomic E-state index is 14.1. The lowest BCUT2D eigenvalue weighted by Crippen LogP contribution is -2.00. The number of nitrogens with zero attached hydrogens (tertiary/aromatic N) is 2. The number of rotatable bonds is 7. The number of nitro benzene ring substituents is 1. The third kappa shape index (κ3) is 4.62. The molecule has 30 heavy (non-hydrogen) atoms. The van der Waals surface area contributed by atoms with E-state index in [1.54, 1.807) is 6.07 Å². The number of methoxy groups -OCH3 is 1. The van der Waals surface area contributed by atoms with Gasteiger partial charge in [-0.25, -0.2) is 4.39 Å². The Balaban J connectivity index is 2.03. The predicted octanol–water partition coefficient (Wildman–Crippen LogP) is 5.39. The number of hydrogen-bond donors (Lipinski definition) is 0. The lowest BCUT2D eigenvalue weighted by molar-refractivity contribution is -0.385. The maximum Gasteiger partial charge on any atom is 0.280 e. The molecule has 150 valence electrons. The molecule has 0 unspecified atom stereocenters. The standard InChI is InChI=1S/C23H17FN2O4/c1-29-22-12-17(11-18(14-25)19-9-5-6-10-20(19)24)21(26(27)28)13-23(22)30-15-16-7-3-2-4-8-16/h2-13H,15H2,1H3/b18-11-. The molecule has 0 radical (unpaired) electrons. The molecule has 0 aromatic heterocycles. The van der Waals surface area contributed by atoms with Gasteiger partial charge in [-0.1, -0.05) is 48.5 Å². The number of ether oxygens (including phenoxy) is 2. The third-order valence-corrected chi connectivity index (χ3v) is 4.33. The Kier molecular flexibility index (Phi) is 6.40. The van der Waals surface area contributed by atoms with Crippen LogP contribution >= 0.6 is 0 Å². The first kappa shape index (κ1) is 20.6. The summed E-state index contributed by atoms with van der Waals surface area (Å²) in [5.41, 5.74) is 0.707. The molecule has 0 heterocycles. The summed E-state index contributed by atoms with van der Waals surface area (Å²) in [6, 6.07) is 19.6. The lowest BCUT2D eigenvalue weighted by atomic mass is 10.0. The van der Waals surface area contributed by atoms with Gasteiger partial charge in [-0.3, -0.25) is 10.1 Å². The molecule has 0 saturated carbocycles. The van der Waals surface area contributed by atoms with Crippen LogP contribution in [-0.2, 0) is 6.61 Å². The van der Waals surface area contributed by atoms with Gasteiger partial charge in [0.05, 0.1) is 35.3 Å². The molecule has 0 saturated heterocycles. The van der Waals surface area contributed by atoms with Crippen molar-refractivity contribution >= 4 is 17.3 Å². The highest BCUT2D eigenvalue weighted by molar-refractivity contribution is 5.91. The van der Waals surface area contributed by atoms with Crippen LogP contribution in [0.25, 0.3) is 11.6 Å². The molecule has 6 nitrogen and oxygen atoms in total. The van der Waals surface area contributed by atoms with E-state index in [-0.39, 0.29) is 40.5 Å². The van der Waals surface area contributed by atoms with E-state index >= 15 is 0 Å². The molecule has 0 spiro atoms. The van der Waals surface area contributed by atoms with E-state index in [0.717, 1.165) is 5.56 Å². The summed E-state index contributed by atoms with van der Waals surface area (Å²) in [6.45, 7) is 0.197. The van der Waals surface area contributed by atoms with Gasteiger partial charge in [0.25, 0.3) is 5.69 Å². The zero-order valence-corrected chi connectivity index (χ0v) is 16.0. The van der Waals surface area contributed by atoms with E-state index in [1.165, 1.54) is 43.5 Å². The van der Waals surface area contributed by atoms with E-state index in [0.29, 0.717) is 0 Å². The molecule has 0 amide bonds. The molecule has 0 aliphatic heterocycles. The Morgan fingerprint density at radius 3 is 2.47 bits per heavy atom. The summed E-state index contributed by atoms with van der Waals surface area (Å²) in [7, 11) is 1.41. The van der Waals surface area contributed by atoms with E-state index in [4.69, 9.17) is 9.47 Å². The van der Waals surface area contributed by atoms with Crippen molar-refractivity contribution in [2.75, 3.05) is 7.11 Å². The van der Waals surface area contributed by atoms with Crippen molar-refractivity contribution in [2.45, 2.75) is 6.61 Å². The van der Waals surface area contributed by atoms with E-state index < -0.39 is 10.7 Å². The number of benzene rings is 3. The number of nitro groups is 1. The van der Waals surface area contributed by atoms with Crippen LogP contribution in [-0.4, -0.2) is 12.0 Å². The molecule has 3 aromatic carbocycles. The van der Waals surface area contributed by atoms with E-state index in [1.807, 2.05) is 36.4 Å². The predicted molar refractivity (Wildman–Crippen MR) is 110 cm³/mol. The first-order valence-electron chi connectivity index (χ1n) is 8.93. The zero-order chi connectivity index (χ0) is 21.5. The van der Waals surface area contributed by atoms with Gasteiger partial charge in [0.1, 0.15) is 12.4 Å². The monoisotopic (exact) mass is 404 g/mol. The fourth-order valence-corrected chi connectivity index (χ4v) is 2.85. The van der Waals surface area contributed by atoms with Gasteiger partial charge >= 0.3 is 0 Å². The maximum absolute atomic E-state index is 14.1. The lowest BCUT2D eigenvalue weighted by Gasteiger charge is -2.12. The van der Waals surface area contributed by atoms with Crippen LogP contribution in [0, 0.1) is 27.3 Å². The molecular weight excluding hydrogens is 387 g/mol. The third-order valence-electron chi connectivity index (χ3n) is 4.33. The highest BCUT2D eigenvalue weighted by Crippen LogP contribution is 2.37. The van der Waals surface area contributed by atoms with Crippen molar-refractivity contribution in [2.24, 2.45) is 0 Å². The molecule has 0 N–H and O–H groups in total. The van der Waals surface area contributed by atoms with Crippen molar-refractivity contribution in [1.82, 2.24) is 0 Å². The largest absolute Gasteiger partial charge is 0.493 e. The van der Waals surface area contributed by atoms with E-state index in [9.17, 15) is 19.8 Å². The average molecular weight is 404 g/mol. The summed E-state index contributed by atoms with van der Waals surface area (Å²) in [4.78, 5) is 11.1. The number of halogens is 1. The minimum atomic E-state index is -0.595. The summed E-state index contributed by atoms with van der Waals surface area (Å²) in [6.07, 6.45) is 1.26. The Morgan fingerprint density at radius 1 is 1.13 bits per heavy atom. The minimum Gasteiger partial charge on any atom is -0.493 e. The van der Waals surface area contributed by atoms with Crippen molar-refractivity contribution in [1.29, 1.82) is 5.26 Å². The Bertz CT molecular complexity index is 1140. The molecule has 0 fully saturated rings. The SMILES string of the molecule is COc1cc(/C=C(/C#N)c2ccccc2F)c([N+](=O)[O-])cc1OCc1ccccc1. The molecule has 0 aliphatic rings. The van der Waals surface area contributed by atoms with Gasteiger partial charge in [-0.15, -0.1) is 0 Å². The first-order chi connectivity index (χ1) is 14.5. The van der Waals surface area contributed by atoms with Crippen LogP contribution in [0.3, 0.4) is 0 Å². The summed E-state index contributed by atoms with van der Waals surface area (Å²) in [5, 5.41) is 21.1. The van der Waals surface area contributed by atoms with Crippen molar-refractivity contribution < 1.29 is 18.8 Å². The van der Waals surface area contributed by atoms with Crippen molar-refractivity contribution in [3.05, 3.63) is 99.4 Å². The Labute approximate surface area is 172 Å². The highest BCUT2D eigenvalue weighted by atomic mass is 19.1. The van der Waals surface area contributed by atoms with Crippen LogP contribution in [0.5, 0.6) is 11.5 Å². The molecule has 0 aliphatic carbocycles. The smallest absolute Gasteiger partial charge is 0.280 e. The second kappa shape index (κ2) is 9.34. The van der Waals surface area contributed by atoms with Gasteiger partial charge in [-0.05, 0) is 23.8 Å². The minimum absolute atomic E-state index is 0.0452. The number of nitriles is 1. The molecule has 0 atom stereocenters. The molecule has 0 bridgehead atoms. The summed E-state index contributed by atoms with van der Waals surface area (Å²) >= 11 is 0. The molecule has 7 heteroatoms. The zero-order valence-electron chi connectivity index (χ0n) is 16.0. The molecule has 3 rings (SSSR count). The fraction of sp³-hybridized carbons (Fsp3) is 0.0870. The Morgan fingerprint density at radius 2 is 1.83 bits per heavy atom. The quantitative estimate of drug-likeness (QED) is 0.228. The van der Waals surface area contributed by atoms with Crippen LogP contribution in [0.2, 0.25) is 0 Å². The van der Waals surface area contributed by atoms with Crippen LogP contribution in [0.1, 0.15) is 16.7 Å². The van der Waals surface area contributed by atoms with Crippen molar-refractivity contribution in [3.63, 3.8) is 0 Å². The van der Waals surface area contributed by atoms with Crippen LogP contribution in [0.15, 0.2) is 66.7 Å². The first-order valence-corrected chi connectivity index (χ1v) is 8.93. The number of allylic oxidation sites excluding steroid dienone is 1. The van der Waals surface area contributed by atoms with Gasteiger partial charge < -0.3 is 9.47 Å². The molecular formula is C23H17FN2O4. The number of hydrogen-bond acceptors (Lipinski definition) is 5. The van der Waals surface area contributed by atoms with Crippen LogP contribution < -0.4 is 9.47 Å². The topological polar surface area (TPSA) is 85.4 Å². The fourth-order valence-electron chi connectivity index (χ4n) is 2.85. The van der Waals surface area contributed by atoms with Crippen molar-refractivity contribution in [3.8, 4) is 17.6 Å². The van der Waals surface area contributed by atoms with Gasteiger partial charge in [0.2, 0.25) is 0 Å². The second-order valence-electron chi connectivity index (χ2n) is 6.24. The van der Waals surface area contributed by atoms with Gasteiger partial charge in [-0.2, -0.15) is 5.26 Å².